The van der Waals surface area contributed by atoms with Gasteiger partial charge in [0.2, 0.25) is 5.95 Å². The van der Waals surface area contributed by atoms with E-state index in [0.717, 1.165) is 29.9 Å². The molecule has 0 saturated carbocycles. The molecule has 0 unspecified atom stereocenters. The smallest absolute Gasteiger partial charge is 0.222 e. The van der Waals surface area contributed by atoms with E-state index in [1.165, 1.54) is 5.56 Å². The van der Waals surface area contributed by atoms with Gasteiger partial charge in [-0.05, 0) is 19.7 Å². The Balaban J connectivity index is 2.14. The Kier molecular flexibility index (Phi) is 5.01. The fraction of sp³-hybridized carbons (Fsp3) is 0.278. The van der Waals surface area contributed by atoms with Crippen molar-refractivity contribution in [3.05, 3.63) is 58.4 Å². The van der Waals surface area contributed by atoms with Crippen molar-refractivity contribution in [2.75, 3.05) is 19.8 Å². The minimum atomic E-state index is 0.146. The maximum absolute atomic E-state index is 6.07. The van der Waals surface area contributed by atoms with Crippen LogP contribution in [0.15, 0.2) is 36.4 Å². The highest BCUT2D eigenvalue weighted by Crippen LogP contribution is 2.28. The molecule has 2 heterocycles. The van der Waals surface area contributed by atoms with E-state index in [2.05, 4.69) is 27.0 Å². The summed E-state index contributed by atoms with van der Waals surface area (Å²) in [5.41, 5.74) is 10.7. The van der Waals surface area contributed by atoms with Crippen molar-refractivity contribution in [2.24, 2.45) is 7.05 Å². The summed E-state index contributed by atoms with van der Waals surface area (Å²) in [7, 11) is 6.03. The van der Waals surface area contributed by atoms with Gasteiger partial charge in [0.1, 0.15) is 10.8 Å². The third-order valence-corrected chi connectivity index (χ3v) is 4.11. The molecule has 25 heavy (non-hydrogen) atoms. The Morgan fingerprint density at radius 3 is 2.52 bits per heavy atom. The van der Waals surface area contributed by atoms with Crippen LogP contribution in [0.1, 0.15) is 16.8 Å². The number of hydrogen-bond donors (Lipinski definition) is 1. The molecule has 0 amide bonds. The lowest BCUT2D eigenvalue weighted by molar-refractivity contribution is 0.386. The summed E-state index contributed by atoms with van der Waals surface area (Å²) < 4.78 is 1.90. The van der Waals surface area contributed by atoms with E-state index in [1.807, 2.05) is 44.0 Å². The van der Waals surface area contributed by atoms with E-state index in [-0.39, 0.29) is 5.95 Å². The average molecular weight is 357 g/mol. The molecule has 3 rings (SSSR count). The first-order chi connectivity index (χ1) is 11.9. The quantitative estimate of drug-likeness (QED) is 0.711. The Labute approximate surface area is 152 Å². The maximum Gasteiger partial charge on any atom is 0.222 e. The molecule has 3 aromatic rings. The molecule has 130 valence electrons. The van der Waals surface area contributed by atoms with Crippen LogP contribution in [0, 0.1) is 0 Å². The van der Waals surface area contributed by atoms with Crippen LogP contribution in [-0.4, -0.2) is 38.7 Å². The highest BCUT2D eigenvalue weighted by Gasteiger charge is 2.20. The van der Waals surface area contributed by atoms with Crippen LogP contribution < -0.4 is 5.73 Å². The monoisotopic (exact) mass is 356 g/mol. The zero-order valence-electron chi connectivity index (χ0n) is 14.6. The number of halogens is 1. The van der Waals surface area contributed by atoms with Gasteiger partial charge in [0.25, 0.3) is 0 Å². The molecule has 0 atom stereocenters. The molecule has 7 heteroatoms. The summed E-state index contributed by atoms with van der Waals surface area (Å²) >= 11 is 6.07. The van der Waals surface area contributed by atoms with Gasteiger partial charge >= 0.3 is 0 Å². The lowest BCUT2D eigenvalue weighted by atomic mass is 10.0. The number of benzene rings is 1. The molecule has 0 radical (unpaired) electrons. The number of aromatic nitrogens is 4. The Bertz CT molecular complexity index is 853. The van der Waals surface area contributed by atoms with E-state index < -0.39 is 0 Å². The Morgan fingerprint density at radius 2 is 1.88 bits per heavy atom. The molecule has 2 N–H and O–H groups in total. The number of hydrogen-bond acceptors (Lipinski definition) is 5. The van der Waals surface area contributed by atoms with E-state index >= 15 is 0 Å². The van der Waals surface area contributed by atoms with Gasteiger partial charge in [0.15, 0.2) is 0 Å². The number of nitrogens with zero attached hydrogens (tertiary/aromatic N) is 5. The molecule has 2 aromatic heterocycles. The number of rotatable bonds is 5. The second kappa shape index (κ2) is 7.21. The number of nitrogens with two attached hydrogens (primary N) is 1. The molecular weight excluding hydrogens is 336 g/mol. The molecule has 0 aliphatic rings. The fourth-order valence-corrected chi connectivity index (χ4v) is 3.04. The zero-order chi connectivity index (χ0) is 18.0. The zero-order valence-corrected chi connectivity index (χ0v) is 15.3. The van der Waals surface area contributed by atoms with Crippen molar-refractivity contribution in [1.82, 2.24) is 24.6 Å². The molecule has 1 aromatic carbocycles. The van der Waals surface area contributed by atoms with Crippen molar-refractivity contribution in [1.29, 1.82) is 0 Å². The lowest BCUT2D eigenvalue weighted by Gasteiger charge is -2.13. The number of nitrogen functional groups attached to an aromatic ring is 1. The second-order valence-corrected chi connectivity index (χ2v) is 6.62. The van der Waals surface area contributed by atoms with E-state index in [9.17, 15) is 0 Å². The minimum Gasteiger partial charge on any atom is -0.368 e. The van der Waals surface area contributed by atoms with Crippen LogP contribution in [0.3, 0.4) is 0 Å². The van der Waals surface area contributed by atoms with E-state index in [4.69, 9.17) is 22.4 Å². The minimum absolute atomic E-state index is 0.146. The Hall–Kier alpha value is -2.44. The maximum atomic E-state index is 6.07. The van der Waals surface area contributed by atoms with Crippen LogP contribution in [0.25, 0.3) is 11.4 Å². The van der Waals surface area contributed by atoms with Crippen molar-refractivity contribution in [3.63, 3.8) is 0 Å². The molecule has 0 bridgehead atoms. The summed E-state index contributed by atoms with van der Waals surface area (Å²) in [6.45, 7) is 0.778. The molecule has 0 spiro atoms. The first-order valence-corrected chi connectivity index (χ1v) is 8.35. The highest BCUT2D eigenvalue weighted by atomic mass is 35.5. The molecule has 0 saturated heterocycles. The van der Waals surface area contributed by atoms with Gasteiger partial charge < -0.3 is 10.6 Å². The predicted molar refractivity (Wildman–Crippen MR) is 100 cm³/mol. The molecular formula is C18H21ClN6. The summed E-state index contributed by atoms with van der Waals surface area (Å²) in [5.74, 6) is 0.146. The highest BCUT2D eigenvalue weighted by molar-refractivity contribution is 6.29. The molecule has 0 aliphatic heterocycles. The first-order valence-electron chi connectivity index (χ1n) is 7.98. The SMILES string of the molecule is CN(C)Cc1c(Cc2ccccc2)c(-c2cc(Cl)nc(N)n2)nn1C. The summed E-state index contributed by atoms with van der Waals surface area (Å²) in [5, 5.41) is 5.01. The Morgan fingerprint density at radius 1 is 1.16 bits per heavy atom. The summed E-state index contributed by atoms with van der Waals surface area (Å²) in [6.07, 6.45) is 0.759. The van der Waals surface area contributed by atoms with Crippen LogP contribution in [0.4, 0.5) is 5.95 Å². The van der Waals surface area contributed by atoms with Gasteiger partial charge in [-0.1, -0.05) is 41.9 Å². The van der Waals surface area contributed by atoms with Gasteiger partial charge in [-0.15, -0.1) is 0 Å². The third kappa shape index (κ3) is 3.97. The topological polar surface area (TPSA) is 72.9 Å². The third-order valence-electron chi connectivity index (χ3n) is 3.92. The molecule has 0 aliphatic carbocycles. The van der Waals surface area contributed by atoms with Crippen molar-refractivity contribution < 1.29 is 0 Å². The van der Waals surface area contributed by atoms with Gasteiger partial charge in [-0.3, -0.25) is 4.68 Å². The average Bonchev–Trinajstić information content (AvgIpc) is 2.84. The van der Waals surface area contributed by atoms with E-state index in [1.54, 1.807) is 6.07 Å². The van der Waals surface area contributed by atoms with Gasteiger partial charge in [0.05, 0.1) is 11.4 Å². The van der Waals surface area contributed by atoms with Crippen LogP contribution in [0.5, 0.6) is 0 Å². The predicted octanol–water partition coefficient (Wildman–Crippen LogP) is 2.77. The lowest BCUT2D eigenvalue weighted by Crippen LogP contribution is -2.15. The van der Waals surface area contributed by atoms with E-state index in [0.29, 0.717) is 10.8 Å². The fourth-order valence-electron chi connectivity index (χ4n) is 2.85. The van der Waals surface area contributed by atoms with Crippen LogP contribution >= 0.6 is 11.6 Å². The largest absolute Gasteiger partial charge is 0.368 e. The molecule has 0 fully saturated rings. The second-order valence-electron chi connectivity index (χ2n) is 6.23. The van der Waals surface area contributed by atoms with Crippen molar-refractivity contribution >= 4 is 17.5 Å². The summed E-state index contributed by atoms with van der Waals surface area (Å²) in [6, 6.07) is 12.0. The van der Waals surface area contributed by atoms with Gasteiger partial charge in [-0.25, -0.2) is 9.97 Å². The van der Waals surface area contributed by atoms with Gasteiger partial charge in [0, 0.05) is 31.6 Å². The van der Waals surface area contributed by atoms with Crippen LogP contribution in [0.2, 0.25) is 5.15 Å². The number of aryl methyl sites for hydroxylation is 1. The van der Waals surface area contributed by atoms with Crippen molar-refractivity contribution in [3.8, 4) is 11.4 Å². The van der Waals surface area contributed by atoms with Crippen molar-refractivity contribution in [2.45, 2.75) is 13.0 Å². The standard InChI is InChI=1S/C18H21ClN6/c1-24(2)11-15-13(9-12-7-5-4-6-8-12)17(23-25(15)3)14-10-16(19)22-18(20)21-14/h4-8,10H,9,11H2,1-3H3,(H2,20,21,22). The molecule has 6 nitrogen and oxygen atoms in total. The van der Waals surface area contributed by atoms with Gasteiger partial charge in [-0.2, -0.15) is 5.10 Å². The normalized spacial score (nSPS) is 11.2. The summed E-state index contributed by atoms with van der Waals surface area (Å²) in [4.78, 5) is 10.4. The van der Waals surface area contributed by atoms with Crippen LogP contribution in [-0.2, 0) is 20.0 Å². The number of anilines is 1. The first kappa shape index (κ1) is 17.4.